The third kappa shape index (κ3) is 3.77. The normalized spacial score (nSPS) is 16.0. The Hall–Kier alpha value is -2.63. The smallest absolute Gasteiger partial charge is 0.259 e. The first-order valence-electron chi connectivity index (χ1n) is 7.90. The number of hydrazone groups is 1. The van der Waals surface area contributed by atoms with Crippen molar-refractivity contribution in [3.05, 3.63) is 36.0 Å². The molecule has 0 atom stereocenters. The summed E-state index contributed by atoms with van der Waals surface area (Å²) in [4.78, 5) is 28.6. The molecule has 1 aromatic carbocycles. The summed E-state index contributed by atoms with van der Waals surface area (Å²) in [7, 11) is 0. The van der Waals surface area contributed by atoms with Gasteiger partial charge in [-0.2, -0.15) is 5.10 Å². The van der Waals surface area contributed by atoms with Crippen LogP contribution in [-0.2, 0) is 9.59 Å². The van der Waals surface area contributed by atoms with E-state index in [1.807, 2.05) is 30.5 Å². The maximum absolute atomic E-state index is 11.9. The van der Waals surface area contributed by atoms with E-state index >= 15 is 0 Å². The van der Waals surface area contributed by atoms with E-state index in [-0.39, 0.29) is 18.4 Å². The number of benzene rings is 1. The number of para-hydroxylation sites is 1. The Bertz CT molecular complexity index is 735. The van der Waals surface area contributed by atoms with E-state index in [1.54, 1.807) is 11.1 Å². The molecular weight excluding hydrogens is 292 g/mol. The second-order valence-corrected chi connectivity index (χ2v) is 5.71. The van der Waals surface area contributed by atoms with E-state index in [9.17, 15) is 9.59 Å². The van der Waals surface area contributed by atoms with Gasteiger partial charge in [-0.1, -0.05) is 24.6 Å². The number of nitrogens with zero attached hydrogens (tertiary/aromatic N) is 2. The Kier molecular flexibility index (Phi) is 4.71. The molecule has 1 aliphatic rings. The van der Waals surface area contributed by atoms with E-state index in [0.717, 1.165) is 35.7 Å². The fourth-order valence-electron chi connectivity index (χ4n) is 2.79. The van der Waals surface area contributed by atoms with Crippen LogP contribution in [0.4, 0.5) is 0 Å². The first kappa shape index (κ1) is 15.3. The number of aromatic amines is 1. The second kappa shape index (κ2) is 7.09. The molecule has 0 radical (unpaired) electrons. The summed E-state index contributed by atoms with van der Waals surface area (Å²) in [6.45, 7) is 0.725. The van der Waals surface area contributed by atoms with Crippen LogP contribution < -0.4 is 5.43 Å². The molecule has 1 aromatic heterocycles. The number of amides is 2. The van der Waals surface area contributed by atoms with Gasteiger partial charge < -0.3 is 9.88 Å². The van der Waals surface area contributed by atoms with Gasteiger partial charge in [-0.25, -0.2) is 5.43 Å². The van der Waals surface area contributed by atoms with Crippen molar-refractivity contribution in [3.8, 4) is 0 Å². The van der Waals surface area contributed by atoms with Gasteiger partial charge in [0.05, 0.1) is 6.21 Å². The Balaban J connectivity index is 1.57. The Morgan fingerprint density at radius 2 is 2.17 bits per heavy atom. The number of hydrogen-bond acceptors (Lipinski definition) is 3. The summed E-state index contributed by atoms with van der Waals surface area (Å²) >= 11 is 0. The lowest BCUT2D eigenvalue weighted by molar-refractivity contribution is -0.135. The molecule has 1 saturated heterocycles. The molecule has 2 heterocycles. The fourth-order valence-corrected chi connectivity index (χ4v) is 2.79. The minimum absolute atomic E-state index is 0.0539. The van der Waals surface area contributed by atoms with Crippen LogP contribution in [0.2, 0.25) is 0 Å². The van der Waals surface area contributed by atoms with E-state index in [1.165, 1.54) is 0 Å². The molecule has 0 bridgehead atoms. The van der Waals surface area contributed by atoms with Crippen molar-refractivity contribution in [2.24, 2.45) is 5.10 Å². The molecule has 0 saturated carbocycles. The van der Waals surface area contributed by atoms with Crippen LogP contribution in [0.3, 0.4) is 0 Å². The highest BCUT2D eigenvalue weighted by Gasteiger charge is 2.18. The minimum atomic E-state index is -0.267. The van der Waals surface area contributed by atoms with Gasteiger partial charge in [0.1, 0.15) is 6.54 Å². The third-order valence-electron chi connectivity index (χ3n) is 4.02. The van der Waals surface area contributed by atoms with Gasteiger partial charge in [-0.3, -0.25) is 9.59 Å². The van der Waals surface area contributed by atoms with Gasteiger partial charge in [-0.05, 0) is 18.9 Å². The molecular formula is C17H20N4O2. The lowest BCUT2D eigenvalue weighted by Crippen LogP contribution is -2.39. The number of hydrogen-bond donors (Lipinski definition) is 2. The highest BCUT2D eigenvalue weighted by molar-refractivity contribution is 5.99. The fraction of sp³-hybridized carbons (Fsp3) is 0.353. The molecule has 23 heavy (non-hydrogen) atoms. The van der Waals surface area contributed by atoms with Crippen molar-refractivity contribution in [1.82, 2.24) is 15.3 Å². The molecule has 0 aliphatic carbocycles. The monoisotopic (exact) mass is 312 g/mol. The van der Waals surface area contributed by atoms with Crippen LogP contribution in [0.5, 0.6) is 0 Å². The van der Waals surface area contributed by atoms with Crippen LogP contribution in [0, 0.1) is 0 Å². The van der Waals surface area contributed by atoms with E-state index < -0.39 is 0 Å². The van der Waals surface area contributed by atoms with Crippen LogP contribution in [0.1, 0.15) is 31.2 Å². The summed E-state index contributed by atoms with van der Waals surface area (Å²) in [5.74, 6) is -0.213. The number of carbonyl (C=O) groups excluding carboxylic acids is 2. The molecule has 3 rings (SSSR count). The Morgan fingerprint density at radius 1 is 1.30 bits per heavy atom. The van der Waals surface area contributed by atoms with Crippen LogP contribution in [0.25, 0.3) is 10.9 Å². The SMILES string of the molecule is O=C(CN1CCCCCC1=O)N/N=C/c1c[nH]c2ccccc12. The maximum atomic E-state index is 11.9. The Morgan fingerprint density at radius 3 is 3.09 bits per heavy atom. The number of aromatic nitrogens is 1. The summed E-state index contributed by atoms with van der Waals surface area (Å²) in [6, 6.07) is 7.89. The van der Waals surface area contributed by atoms with Crippen LogP contribution in [0.15, 0.2) is 35.6 Å². The van der Waals surface area contributed by atoms with Crippen LogP contribution in [-0.4, -0.2) is 41.0 Å². The van der Waals surface area contributed by atoms with E-state index in [4.69, 9.17) is 0 Å². The Labute approximate surface area is 134 Å². The van der Waals surface area contributed by atoms with Crippen molar-refractivity contribution in [3.63, 3.8) is 0 Å². The number of carbonyl (C=O) groups is 2. The summed E-state index contributed by atoms with van der Waals surface area (Å²) in [5.41, 5.74) is 4.43. The average Bonchev–Trinajstić information content (AvgIpc) is 2.86. The molecule has 120 valence electrons. The summed E-state index contributed by atoms with van der Waals surface area (Å²) in [5, 5.41) is 5.04. The van der Waals surface area contributed by atoms with Crippen molar-refractivity contribution in [2.75, 3.05) is 13.1 Å². The molecule has 2 N–H and O–H groups in total. The molecule has 2 amide bonds. The quantitative estimate of drug-likeness (QED) is 0.669. The number of nitrogens with one attached hydrogen (secondary N) is 2. The first-order chi connectivity index (χ1) is 11.2. The first-order valence-corrected chi connectivity index (χ1v) is 7.90. The van der Waals surface area contributed by atoms with Crippen molar-refractivity contribution in [1.29, 1.82) is 0 Å². The molecule has 1 fully saturated rings. The number of rotatable bonds is 4. The molecule has 6 nitrogen and oxygen atoms in total. The zero-order valence-electron chi connectivity index (χ0n) is 12.9. The number of likely N-dealkylation sites (tertiary alicyclic amines) is 1. The van der Waals surface area contributed by atoms with E-state index in [2.05, 4.69) is 15.5 Å². The highest BCUT2D eigenvalue weighted by atomic mass is 16.2. The third-order valence-corrected chi connectivity index (χ3v) is 4.02. The molecule has 2 aromatic rings. The maximum Gasteiger partial charge on any atom is 0.259 e. The second-order valence-electron chi connectivity index (χ2n) is 5.71. The van der Waals surface area contributed by atoms with Crippen molar-refractivity contribution >= 4 is 28.9 Å². The predicted octanol–water partition coefficient (Wildman–Crippen LogP) is 2.02. The predicted molar refractivity (Wildman–Crippen MR) is 89.1 cm³/mol. The zero-order chi connectivity index (χ0) is 16.1. The minimum Gasteiger partial charge on any atom is -0.361 e. The largest absolute Gasteiger partial charge is 0.361 e. The van der Waals surface area contributed by atoms with E-state index in [0.29, 0.717) is 13.0 Å². The molecule has 0 unspecified atom stereocenters. The van der Waals surface area contributed by atoms with Gasteiger partial charge in [0, 0.05) is 35.6 Å². The molecule has 0 spiro atoms. The van der Waals surface area contributed by atoms with Gasteiger partial charge in [-0.15, -0.1) is 0 Å². The zero-order valence-corrected chi connectivity index (χ0v) is 12.9. The van der Waals surface area contributed by atoms with Gasteiger partial charge in [0.25, 0.3) is 5.91 Å². The molecule has 1 aliphatic heterocycles. The van der Waals surface area contributed by atoms with Crippen LogP contribution >= 0.6 is 0 Å². The van der Waals surface area contributed by atoms with Gasteiger partial charge in [0.15, 0.2) is 0 Å². The number of H-pyrrole nitrogens is 1. The van der Waals surface area contributed by atoms with Gasteiger partial charge >= 0.3 is 0 Å². The summed E-state index contributed by atoms with van der Waals surface area (Å²) in [6.07, 6.45) is 6.90. The van der Waals surface area contributed by atoms with Gasteiger partial charge in [0.2, 0.25) is 5.91 Å². The topological polar surface area (TPSA) is 77.6 Å². The number of fused-ring (bicyclic) bond motifs is 1. The standard InChI is InChI=1S/C17H20N4O2/c22-16(12-21-9-5-1-2-8-17(21)23)20-19-11-13-10-18-15-7-4-3-6-14(13)15/h3-4,6-7,10-11,18H,1-2,5,8-9,12H2,(H,20,22)/b19-11+. The lowest BCUT2D eigenvalue weighted by Gasteiger charge is -2.18. The average molecular weight is 312 g/mol. The highest BCUT2D eigenvalue weighted by Crippen LogP contribution is 2.15. The summed E-state index contributed by atoms with van der Waals surface area (Å²) < 4.78 is 0. The van der Waals surface area contributed by atoms with Crippen molar-refractivity contribution in [2.45, 2.75) is 25.7 Å². The van der Waals surface area contributed by atoms with Crippen molar-refractivity contribution < 1.29 is 9.59 Å². The lowest BCUT2D eigenvalue weighted by atomic mass is 10.2. The molecule has 6 heteroatoms.